The zero-order valence-corrected chi connectivity index (χ0v) is 6.25. The molecule has 0 rings (SSSR count). The van der Waals surface area contributed by atoms with Crippen molar-refractivity contribution in [1.29, 1.82) is 0 Å². The molecule has 2 nitrogen and oxygen atoms in total. The molecule has 0 radical (unpaired) electrons. The molecule has 2 N–H and O–H groups in total. The van der Waals surface area contributed by atoms with Gasteiger partial charge in [0.25, 0.3) is 0 Å². The molecule has 0 aromatic rings. The average molecular weight is 188 g/mol. The van der Waals surface area contributed by atoms with Crippen molar-refractivity contribution in [3.8, 4) is 0 Å². The van der Waals surface area contributed by atoms with Crippen molar-refractivity contribution in [3.05, 3.63) is 0 Å². The highest BCUT2D eigenvalue weighted by Gasteiger charge is 1.98. The molecule has 0 aliphatic carbocycles. The third-order valence-electron chi connectivity index (χ3n) is 0.392. The summed E-state index contributed by atoms with van der Waals surface area (Å²) in [6.07, 6.45) is 0. The summed E-state index contributed by atoms with van der Waals surface area (Å²) in [5.74, 6) is -0.324. The fourth-order valence-electron chi connectivity index (χ4n) is 0. The van der Waals surface area contributed by atoms with Crippen molar-refractivity contribution in [1.82, 2.24) is 0 Å². The topological polar surface area (TPSA) is 43.1 Å². The molecule has 0 aromatic heterocycles. The number of primary amides is 1. The number of alkyl halides is 1. The number of hydrogen-bond acceptors (Lipinski definition) is 1. The summed E-state index contributed by atoms with van der Waals surface area (Å²) < 4.78 is 0. The number of amides is 1. The van der Waals surface area contributed by atoms with Gasteiger partial charge in [-0.2, -0.15) is 0 Å². The van der Waals surface area contributed by atoms with Gasteiger partial charge in [0.1, 0.15) is 0 Å². The quantitative estimate of drug-likeness (QED) is 0.604. The van der Waals surface area contributed by atoms with Crippen LogP contribution in [0.2, 0.25) is 0 Å². The van der Waals surface area contributed by atoms with Crippen LogP contribution in [-0.4, -0.2) is 10.7 Å². The lowest BCUT2D eigenvalue weighted by atomic mass is 10.5. The maximum absolute atomic E-state index is 9.87. The smallest absolute Gasteiger partial charge is 0.230 e. The van der Waals surface area contributed by atoms with E-state index in [0.29, 0.717) is 0 Å². The Hall–Kier alpha value is 0.240. The summed E-state index contributed by atoms with van der Waals surface area (Å²) in [5, 5.41) is 0. The van der Waals surface area contributed by atoms with Gasteiger partial charge in [0.15, 0.2) is 0 Å². The third kappa shape index (κ3) is 6.24. The van der Waals surface area contributed by atoms with Gasteiger partial charge in [0.2, 0.25) is 5.91 Å². The van der Waals surface area contributed by atoms with E-state index < -0.39 is 0 Å². The Morgan fingerprint density at radius 2 is 2.00 bits per heavy atom. The van der Waals surface area contributed by atoms with Gasteiger partial charge in [-0.15, -0.1) is 12.4 Å². The van der Waals surface area contributed by atoms with Crippen LogP contribution in [0.25, 0.3) is 0 Å². The van der Waals surface area contributed by atoms with E-state index in [1.165, 1.54) is 0 Å². The second-order valence-corrected chi connectivity index (χ2v) is 2.39. The molecule has 0 aliphatic heterocycles. The molecule has 0 saturated heterocycles. The molecule has 1 unspecified atom stereocenters. The molecule has 0 bridgehead atoms. The van der Waals surface area contributed by atoms with Crippen molar-refractivity contribution >= 4 is 34.2 Å². The summed E-state index contributed by atoms with van der Waals surface area (Å²) in [5.41, 5.74) is 4.75. The highest BCUT2D eigenvalue weighted by molar-refractivity contribution is 9.10. The largest absolute Gasteiger partial charge is 0.369 e. The lowest BCUT2D eigenvalue weighted by Crippen LogP contribution is -2.19. The highest BCUT2D eigenvalue weighted by Crippen LogP contribution is 1.92. The minimum absolute atomic E-state index is 0. The maximum atomic E-state index is 9.87. The predicted octanol–water partition coefficient (Wildman–Crippen LogP) is 0.677. The summed E-state index contributed by atoms with van der Waals surface area (Å²) >= 11 is 2.96. The first-order valence-electron chi connectivity index (χ1n) is 1.58. The Kier molecular flexibility index (Phi) is 6.45. The van der Waals surface area contributed by atoms with Crippen LogP contribution in [-0.2, 0) is 4.79 Å². The number of hydrogen-bond donors (Lipinski definition) is 1. The molecule has 7 heavy (non-hydrogen) atoms. The fraction of sp³-hybridized carbons (Fsp3) is 0.667. The van der Waals surface area contributed by atoms with E-state index in [1.54, 1.807) is 6.92 Å². The SMILES string of the molecule is CC(Br)C(N)=O.Cl. The summed E-state index contributed by atoms with van der Waals surface area (Å²) in [6, 6.07) is 0. The van der Waals surface area contributed by atoms with Crippen LogP contribution in [0, 0.1) is 0 Å². The Labute approximate surface area is 57.0 Å². The van der Waals surface area contributed by atoms with Gasteiger partial charge in [-0.05, 0) is 6.92 Å². The zero-order chi connectivity index (χ0) is 5.15. The van der Waals surface area contributed by atoms with Gasteiger partial charge in [0, 0.05) is 0 Å². The molecule has 0 saturated carbocycles. The summed E-state index contributed by atoms with van der Waals surface area (Å²) in [6.45, 7) is 1.68. The minimum atomic E-state index is -0.324. The lowest BCUT2D eigenvalue weighted by Gasteiger charge is -1.88. The predicted molar refractivity (Wildman–Crippen MR) is 34.8 cm³/mol. The Morgan fingerprint density at radius 3 is 2.00 bits per heavy atom. The first-order valence-corrected chi connectivity index (χ1v) is 2.49. The van der Waals surface area contributed by atoms with Crippen molar-refractivity contribution in [2.24, 2.45) is 5.73 Å². The van der Waals surface area contributed by atoms with Crippen molar-refractivity contribution < 1.29 is 4.79 Å². The van der Waals surface area contributed by atoms with Crippen LogP contribution in [0.5, 0.6) is 0 Å². The zero-order valence-electron chi connectivity index (χ0n) is 3.85. The van der Waals surface area contributed by atoms with Crippen LogP contribution in [0.3, 0.4) is 0 Å². The van der Waals surface area contributed by atoms with Crippen LogP contribution in [0.15, 0.2) is 0 Å². The minimum Gasteiger partial charge on any atom is -0.369 e. The molecule has 0 heterocycles. The van der Waals surface area contributed by atoms with Crippen molar-refractivity contribution in [3.63, 3.8) is 0 Å². The number of nitrogens with two attached hydrogens (primary N) is 1. The van der Waals surface area contributed by atoms with E-state index >= 15 is 0 Å². The van der Waals surface area contributed by atoms with E-state index in [2.05, 4.69) is 15.9 Å². The van der Waals surface area contributed by atoms with E-state index in [-0.39, 0.29) is 23.1 Å². The maximum Gasteiger partial charge on any atom is 0.230 e. The second kappa shape index (κ2) is 4.40. The monoisotopic (exact) mass is 187 g/mol. The van der Waals surface area contributed by atoms with E-state index in [0.717, 1.165) is 0 Å². The molecule has 1 amide bonds. The molecule has 0 fully saturated rings. The van der Waals surface area contributed by atoms with Gasteiger partial charge < -0.3 is 5.73 Å². The molecular weight excluding hydrogens is 181 g/mol. The molecule has 0 aliphatic rings. The number of rotatable bonds is 1. The van der Waals surface area contributed by atoms with Gasteiger partial charge >= 0.3 is 0 Å². The second-order valence-electron chi connectivity index (χ2n) is 1.02. The molecule has 0 aromatic carbocycles. The van der Waals surface area contributed by atoms with Gasteiger partial charge in [-0.1, -0.05) is 15.9 Å². The Bertz CT molecular complexity index is 66.0. The van der Waals surface area contributed by atoms with Crippen LogP contribution in [0.4, 0.5) is 0 Å². The summed E-state index contributed by atoms with van der Waals surface area (Å²) in [4.78, 5) is 9.68. The van der Waals surface area contributed by atoms with Gasteiger partial charge in [-0.3, -0.25) is 4.79 Å². The van der Waals surface area contributed by atoms with E-state index in [9.17, 15) is 4.79 Å². The molecular formula is C3H7BrClNO. The Morgan fingerprint density at radius 1 is 1.86 bits per heavy atom. The van der Waals surface area contributed by atoms with Crippen LogP contribution < -0.4 is 5.73 Å². The first kappa shape index (κ1) is 10.3. The number of halogens is 2. The lowest BCUT2D eigenvalue weighted by molar-refractivity contribution is -0.117. The van der Waals surface area contributed by atoms with Crippen molar-refractivity contribution in [2.45, 2.75) is 11.8 Å². The number of carbonyl (C=O) groups excluding carboxylic acids is 1. The van der Waals surface area contributed by atoms with Gasteiger partial charge in [0.05, 0.1) is 4.83 Å². The Balaban J connectivity index is 0. The standard InChI is InChI=1S/C3H6BrNO.ClH/c1-2(4)3(5)6;/h2H,1H3,(H2,5,6);1H. The molecule has 4 heteroatoms. The highest BCUT2D eigenvalue weighted by atomic mass is 79.9. The van der Waals surface area contributed by atoms with Gasteiger partial charge in [-0.25, -0.2) is 0 Å². The van der Waals surface area contributed by atoms with Crippen molar-refractivity contribution in [2.75, 3.05) is 0 Å². The molecule has 0 spiro atoms. The molecule has 1 atom stereocenters. The molecule has 44 valence electrons. The average Bonchev–Trinajstić information content (AvgIpc) is 1.36. The van der Waals surface area contributed by atoms with Crippen LogP contribution >= 0.6 is 28.3 Å². The van der Waals surface area contributed by atoms with E-state index in [1.807, 2.05) is 0 Å². The third-order valence-corrected chi connectivity index (χ3v) is 0.843. The fourth-order valence-corrected chi connectivity index (χ4v) is 0. The van der Waals surface area contributed by atoms with Crippen LogP contribution in [0.1, 0.15) is 6.92 Å². The normalized spacial score (nSPS) is 11.7. The summed E-state index contributed by atoms with van der Waals surface area (Å²) in [7, 11) is 0. The van der Waals surface area contributed by atoms with E-state index in [4.69, 9.17) is 5.73 Å². The first-order chi connectivity index (χ1) is 2.64. The number of carbonyl (C=O) groups is 1.